The van der Waals surface area contributed by atoms with Crippen LogP contribution in [0.2, 0.25) is 0 Å². The van der Waals surface area contributed by atoms with E-state index < -0.39 is 0 Å². The number of hydrogen-bond acceptors (Lipinski definition) is 2. The predicted molar refractivity (Wildman–Crippen MR) is 54.7 cm³/mol. The minimum atomic E-state index is -0.271. The third-order valence-electron chi connectivity index (χ3n) is 1.90. The van der Waals surface area contributed by atoms with Gasteiger partial charge in [0.15, 0.2) is 0 Å². The van der Waals surface area contributed by atoms with Crippen molar-refractivity contribution in [2.24, 2.45) is 0 Å². The van der Waals surface area contributed by atoms with Gasteiger partial charge in [-0.25, -0.2) is 0 Å². The quantitative estimate of drug-likeness (QED) is 0.382. The fraction of sp³-hybridized carbons (Fsp3) is 0.300. The van der Waals surface area contributed by atoms with Gasteiger partial charge in [0.05, 0.1) is 0 Å². The summed E-state index contributed by atoms with van der Waals surface area (Å²) >= 11 is 0. The number of carbonyl (C=O) groups is 1. The summed E-state index contributed by atoms with van der Waals surface area (Å²) in [5.41, 5.74) is 2.27. The van der Waals surface area contributed by atoms with Crippen LogP contribution < -0.4 is 4.74 Å². The van der Waals surface area contributed by atoms with Crippen molar-refractivity contribution in [1.82, 2.24) is 0 Å². The number of ether oxygens (including phenoxy) is 1. The van der Waals surface area contributed by atoms with Crippen LogP contribution in [0.15, 0.2) is 18.2 Å². The Kier molecular flexibility index (Phi) is 3.12. The molecule has 0 bridgehead atoms. The minimum absolute atomic E-state index is 0.271. The van der Waals surface area contributed by atoms with Crippen molar-refractivity contribution in [1.29, 1.82) is 0 Å². The van der Waals surface area contributed by atoms with E-state index in [1.807, 2.05) is 25.1 Å². The molecule has 0 unspecified atom stereocenters. The van der Waals surface area contributed by atoms with Crippen molar-refractivity contribution in [2.45, 2.75) is 20.2 Å². The topological polar surface area (TPSA) is 26.3 Å². The fourth-order valence-electron chi connectivity index (χ4n) is 1.20. The molecule has 0 atom stereocenters. The molecule has 68 valence electrons. The van der Waals surface area contributed by atoms with Gasteiger partial charge in [-0.15, -0.1) is 0 Å². The predicted octanol–water partition coefficient (Wildman–Crippen LogP) is 1.05. The second-order valence-corrected chi connectivity index (χ2v) is 3.05. The van der Waals surface area contributed by atoms with Gasteiger partial charge in [-0.05, 0) is 18.6 Å². The maximum absolute atomic E-state index is 10.7. The summed E-state index contributed by atoms with van der Waals surface area (Å²) in [6, 6.07) is 5.86. The molecule has 0 heterocycles. The molecule has 0 aromatic heterocycles. The third kappa shape index (κ3) is 2.62. The van der Waals surface area contributed by atoms with E-state index in [0.717, 1.165) is 11.9 Å². The molecule has 0 radical (unpaired) electrons. The summed E-state index contributed by atoms with van der Waals surface area (Å²) in [4.78, 5) is 10.7. The van der Waals surface area contributed by atoms with Crippen LogP contribution in [0.25, 0.3) is 0 Å². The van der Waals surface area contributed by atoms with Gasteiger partial charge in [-0.2, -0.15) is 0 Å². The zero-order valence-electron chi connectivity index (χ0n) is 8.26. The Bertz CT molecular complexity index is 321. The molecule has 1 aromatic carbocycles. The first-order valence-electron chi connectivity index (χ1n) is 4.41. The first kappa shape index (κ1) is 9.84. The first-order valence-corrected chi connectivity index (χ1v) is 4.41. The smallest absolute Gasteiger partial charge is 0.308 e. The van der Waals surface area contributed by atoms with Gasteiger partial charge in [-0.3, -0.25) is 4.79 Å². The Morgan fingerprint density at radius 3 is 2.69 bits per heavy atom. The molecule has 0 saturated heterocycles. The van der Waals surface area contributed by atoms with Gasteiger partial charge in [0, 0.05) is 6.92 Å². The lowest BCUT2D eigenvalue weighted by Gasteiger charge is -2.06. The first-order chi connectivity index (χ1) is 6.13. The van der Waals surface area contributed by atoms with Crippen LogP contribution in [0.4, 0.5) is 0 Å². The van der Waals surface area contributed by atoms with E-state index in [2.05, 4.69) is 7.85 Å². The molecular formula is C10H13BO2. The average molecular weight is 176 g/mol. The highest BCUT2D eigenvalue weighted by Gasteiger charge is 2.02. The van der Waals surface area contributed by atoms with Crippen LogP contribution in [0.3, 0.4) is 0 Å². The fourth-order valence-corrected chi connectivity index (χ4v) is 1.20. The Labute approximate surface area is 79.3 Å². The molecule has 0 amide bonds. The molecule has 2 nitrogen and oxygen atoms in total. The van der Waals surface area contributed by atoms with E-state index in [0.29, 0.717) is 5.75 Å². The number of rotatable bonds is 2. The van der Waals surface area contributed by atoms with Crippen molar-refractivity contribution in [3.05, 3.63) is 29.3 Å². The second kappa shape index (κ2) is 4.12. The standard InChI is InChI=1S/C10H13BO2/c1-7-5-9(6-11)3-4-10(7)13-8(2)12/h3-5H,6,11H2,1-2H3. The molecule has 0 aliphatic heterocycles. The molecule has 1 aromatic rings. The van der Waals surface area contributed by atoms with Crippen molar-refractivity contribution >= 4 is 13.8 Å². The van der Waals surface area contributed by atoms with E-state index in [-0.39, 0.29) is 5.97 Å². The van der Waals surface area contributed by atoms with Gasteiger partial charge in [0.1, 0.15) is 13.6 Å². The van der Waals surface area contributed by atoms with Crippen LogP contribution in [-0.4, -0.2) is 13.8 Å². The summed E-state index contributed by atoms with van der Waals surface area (Å²) in [5, 5.41) is 0. The Morgan fingerprint density at radius 2 is 2.23 bits per heavy atom. The Balaban J connectivity index is 2.91. The molecular weight excluding hydrogens is 163 g/mol. The average Bonchev–Trinajstić information content (AvgIpc) is 2.08. The summed E-state index contributed by atoms with van der Waals surface area (Å²) < 4.78 is 5.01. The van der Waals surface area contributed by atoms with Gasteiger partial charge in [0.25, 0.3) is 0 Å². The van der Waals surface area contributed by atoms with E-state index in [1.54, 1.807) is 0 Å². The summed E-state index contributed by atoms with van der Waals surface area (Å²) in [6.45, 7) is 3.35. The van der Waals surface area contributed by atoms with Crippen molar-refractivity contribution in [2.75, 3.05) is 0 Å². The Hall–Kier alpha value is -1.25. The van der Waals surface area contributed by atoms with Gasteiger partial charge in [-0.1, -0.05) is 24.0 Å². The zero-order valence-corrected chi connectivity index (χ0v) is 8.26. The summed E-state index contributed by atoms with van der Waals surface area (Å²) in [7, 11) is 2.10. The number of hydrogen-bond donors (Lipinski definition) is 0. The number of aryl methyl sites for hydroxylation is 1. The van der Waals surface area contributed by atoms with Crippen LogP contribution in [0.5, 0.6) is 5.75 Å². The normalized spacial score (nSPS) is 9.69. The van der Waals surface area contributed by atoms with E-state index in [1.165, 1.54) is 12.5 Å². The van der Waals surface area contributed by atoms with Crippen LogP contribution >= 0.6 is 0 Å². The highest BCUT2D eigenvalue weighted by molar-refractivity contribution is 6.08. The molecule has 1 rings (SSSR count). The van der Waals surface area contributed by atoms with Gasteiger partial charge in [0.2, 0.25) is 0 Å². The minimum Gasteiger partial charge on any atom is -0.426 e. The van der Waals surface area contributed by atoms with Crippen molar-refractivity contribution in [3.8, 4) is 5.75 Å². The highest BCUT2D eigenvalue weighted by atomic mass is 16.5. The van der Waals surface area contributed by atoms with E-state index >= 15 is 0 Å². The van der Waals surface area contributed by atoms with Crippen LogP contribution in [0.1, 0.15) is 18.1 Å². The largest absolute Gasteiger partial charge is 0.426 e. The molecule has 3 heteroatoms. The molecule has 0 aliphatic rings. The molecule has 13 heavy (non-hydrogen) atoms. The van der Waals surface area contributed by atoms with Crippen molar-refractivity contribution < 1.29 is 9.53 Å². The SMILES string of the molecule is BCc1ccc(OC(C)=O)c(C)c1. The third-order valence-corrected chi connectivity index (χ3v) is 1.90. The van der Waals surface area contributed by atoms with Gasteiger partial charge < -0.3 is 4.74 Å². The van der Waals surface area contributed by atoms with Gasteiger partial charge >= 0.3 is 5.97 Å². The van der Waals surface area contributed by atoms with E-state index in [9.17, 15) is 4.79 Å². The molecule has 0 aliphatic carbocycles. The molecule has 0 saturated carbocycles. The lowest BCUT2D eigenvalue weighted by Crippen LogP contribution is -2.03. The van der Waals surface area contributed by atoms with Crippen LogP contribution in [0, 0.1) is 6.92 Å². The van der Waals surface area contributed by atoms with Crippen molar-refractivity contribution in [3.63, 3.8) is 0 Å². The molecule has 0 spiro atoms. The zero-order chi connectivity index (χ0) is 9.84. The highest BCUT2D eigenvalue weighted by Crippen LogP contribution is 2.19. The molecule has 0 fully saturated rings. The monoisotopic (exact) mass is 176 g/mol. The second-order valence-electron chi connectivity index (χ2n) is 3.05. The number of esters is 1. The molecule has 0 N–H and O–H groups in total. The number of benzene rings is 1. The Morgan fingerprint density at radius 1 is 1.54 bits per heavy atom. The number of carbonyl (C=O) groups excluding carboxylic acids is 1. The van der Waals surface area contributed by atoms with Crippen LogP contribution in [-0.2, 0) is 11.1 Å². The lowest BCUT2D eigenvalue weighted by molar-refractivity contribution is -0.131. The maximum atomic E-state index is 10.7. The summed E-state index contributed by atoms with van der Waals surface area (Å²) in [5.74, 6) is 0.386. The maximum Gasteiger partial charge on any atom is 0.308 e. The lowest BCUT2D eigenvalue weighted by atomic mass is 9.96. The van der Waals surface area contributed by atoms with E-state index in [4.69, 9.17) is 4.74 Å². The summed E-state index contributed by atoms with van der Waals surface area (Å²) in [6.07, 6.45) is 1.00.